The standard InChI is InChI=1S/C14H18N4O3.ClH/c1-2-18(8-13-16-14(6-15)21-17-13)7-10-3-4-11-12(5-10)20-9-19-11;/h3-5H,2,6-9,15H2,1H3;1H. The number of nitrogens with two attached hydrogens (primary N) is 1. The van der Waals surface area contributed by atoms with Crippen molar-refractivity contribution in [2.45, 2.75) is 26.6 Å². The molecule has 0 saturated carbocycles. The zero-order chi connectivity index (χ0) is 14.7. The summed E-state index contributed by atoms with van der Waals surface area (Å²) in [5.41, 5.74) is 6.62. The van der Waals surface area contributed by atoms with Gasteiger partial charge in [-0.3, -0.25) is 4.90 Å². The number of aromatic nitrogens is 2. The van der Waals surface area contributed by atoms with Crippen molar-refractivity contribution in [2.75, 3.05) is 13.3 Å². The molecule has 2 aromatic rings. The summed E-state index contributed by atoms with van der Waals surface area (Å²) in [6, 6.07) is 5.98. The summed E-state index contributed by atoms with van der Waals surface area (Å²) in [4.78, 5) is 6.44. The molecular weight excluding hydrogens is 308 g/mol. The Kier molecular flexibility index (Phi) is 5.59. The topological polar surface area (TPSA) is 86.6 Å². The highest BCUT2D eigenvalue weighted by Crippen LogP contribution is 2.32. The molecule has 0 fully saturated rings. The van der Waals surface area contributed by atoms with Crippen molar-refractivity contribution in [2.24, 2.45) is 5.73 Å². The fraction of sp³-hybridized carbons (Fsp3) is 0.429. The van der Waals surface area contributed by atoms with E-state index in [2.05, 4.69) is 22.0 Å². The monoisotopic (exact) mass is 326 g/mol. The fourth-order valence-corrected chi connectivity index (χ4v) is 2.21. The normalized spacial score (nSPS) is 12.5. The number of benzene rings is 1. The summed E-state index contributed by atoms with van der Waals surface area (Å²) >= 11 is 0. The third-order valence-electron chi connectivity index (χ3n) is 3.34. The third-order valence-corrected chi connectivity index (χ3v) is 3.34. The maximum atomic E-state index is 5.47. The average Bonchev–Trinajstić information content (AvgIpc) is 3.14. The van der Waals surface area contributed by atoms with Crippen molar-refractivity contribution >= 4 is 12.4 Å². The number of hydrogen-bond donors (Lipinski definition) is 1. The van der Waals surface area contributed by atoms with Gasteiger partial charge in [0.1, 0.15) is 0 Å². The predicted octanol–water partition coefficient (Wildman–Crippen LogP) is 1.70. The van der Waals surface area contributed by atoms with Crippen LogP contribution in [0.25, 0.3) is 0 Å². The number of ether oxygens (including phenoxy) is 2. The minimum absolute atomic E-state index is 0. The van der Waals surface area contributed by atoms with Crippen LogP contribution >= 0.6 is 12.4 Å². The van der Waals surface area contributed by atoms with E-state index in [4.69, 9.17) is 19.7 Å². The van der Waals surface area contributed by atoms with E-state index >= 15 is 0 Å². The number of hydrogen-bond acceptors (Lipinski definition) is 7. The van der Waals surface area contributed by atoms with E-state index in [1.54, 1.807) is 0 Å². The Balaban J connectivity index is 0.00000176. The van der Waals surface area contributed by atoms with Crippen molar-refractivity contribution < 1.29 is 14.0 Å². The van der Waals surface area contributed by atoms with E-state index in [1.807, 2.05) is 18.2 Å². The molecule has 0 saturated heterocycles. The number of nitrogens with zero attached hydrogens (tertiary/aromatic N) is 3. The van der Waals surface area contributed by atoms with Crippen LogP contribution in [0, 0.1) is 0 Å². The quantitative estimate of drug-likeness (QED) is 0.864. The van der Waals surface area contributed by atoms with Gasteiger partial charge in [0.25, 0.3) is 0 Å². The van der Waals surface area contributed by atoms with E-state index in [9.17, 15) is 0 Å². The van der Waals surface area contributed by atoms with E-state index in [0.29, 0.717) is 25.1 Å². The Hall–Kier alpha value is -1.83. The zero-order valence-electron chi connectivity index (χ0n) is 12.3. The van der Waals surface area contributed by atoms with E-state index < -0.39 is 0 Å². The molecule has 0 radical (unpaired) electrons. The van der Waals surface area contributed by atoms with Gasteiger partial charge in [-0.2, -0.15) is 4.98 Å². The second-order valence-electron chi connectivity index (χ2n) is 4.80. The largest absolute Gasteiger partial charge is 0.454 e. The van der Waals surface area contributed by atoms with E-state index in [-0.39, 0.29) is 19.0 Å². The fourth-order valence-electron chi connectivity index (χ4n) is 2.21. The van der Waals surface area contributed by atoms with Gasteiger partial charge in [-0.05, 0) is 24.2 Å². The maximum absolute atomic E-state index is 5.47. The first-order chi connectivity index (χ1) is 10.3. The second kappa shape index (κ2) is 7.44. The van der Waals surface area contributed by atoms with Gasteiger partial charge in [-0.25, -0.2) is 0 Å². The van der Waals surface area contributed by atoms with Crippen LogP contribution in [0.5, 0.6) is 11.5 Å². The van der Waals surface area contributed by atoms with Gasteiger partial charge in [0.2, 0.25) is 12.7 Å². The molecule has 2 heterocycles. The summed E-state index contributed by atoms with van der Waals surface area (Å²) in [6.07, 6.45) is 0. The van der Waals surface area contributed by atoms with Gasteiger partial charge in [-0.15, -0.1) is 12.4 Å². The molecule has 0 spiro atoms. The van der Waals surface area contributed by atoms with Crippen molar-refractivity contribution in [1.82, 2.24) is 15.0 Å². The first kappa shape index (κ1) is 16.5. The Morgan fingerprint density at radius 3 is 2.77 bits per heavy atom. The molecule has 1 aromatic heterocycles. The molecule has 0 bridgehead atoms. The second-order valence-corrected chi connectivity index (χ2v) is 4.80. The van der Waals surface area contributed by atoms with Crippen molar-refractivity contribution in [3.8, 4) is 11.5 Å². The van der Waals surface area contributed by atoms with E-state index in [0.717, 1.165) is 30.2 Å². The lowest BCUT2D eigenvalue weighted by Gasteiger charge is -2.18. The smallest absolute Gasteiger partial charge is 0.240 e. The summed E-state index contributed by atoms with van der Waals surface area (Å²) in [5, 5.41) is 3.92. The van der Waals surface area contributed by atoms with Gasteiger partial charge >= 0.3 is 0 Å². The highest BCUT2D eigenvalue weighted by atomic mass is 35.5. The third kappa shape index (κ3) is 3.68. The summed E-state index contributed by atoms with van der Waals surface area (Å²) < 4.78 is 15.7. The summed E-state index contributed by atoms with van der Waals surface area (Å²) in [6.45, 7) is 4.92. The Bertz CT molecular complexity index is 620. The summed E-state index contributed by atoms with van der Waals surface area (Å²) in [7, 11) is 0. The van der Waals surface area contributed by atoms with Crippen LogP contribution in [0.4, 0.5) is 0 Å². The lowest BCUT2D eigenvalue weighted by Crippen LogP contribution is -2.23. The lowest BCUT2D eigenvalue weighted by atomic mass is 10.2. The van der Waals surface area contributed by atoms with Crippen LogP contribution in [-0.4, -0.2) is 28.4 Å². The minimum atomic E-state index is 0. The van der Waals surface area contributed by atoms with Crippen molar-refractivity contribution in [3.63, 3.8) is 0 Å². The van der Waals surface area contributed by atoms with Gasteiger partial charge in [0, 0.05) is 6.54 Å². The van der Waals surface area contributed by atoms with Gasteiger partial charge < -0.3 is 19.7 Å². The molecule has 1 aliphatic rings. The molecular formula is C14H19ClN4O3. The van der Waals surface area contributed by atoms with Crippen molar-refractivity contribution in [1.29, 1.82) is 0 Å². The lowest BCUT2D eigenvalue weighted by molar-refractivity contribution is 0.174. The Morgan fingerprint density at radius 2 is 2.05 bits per heavy atom. The van der Waals surface area contributed by atoms with Crippen LogP contribution in [0.2, 0.25) is 0 Å². The first-order valence-corrected chi connectivity index (χ1v) is 6.91. The van der Waals surface area contributed by atoms with Gasteiger partial charge in [0.15, 0.2) is 17.3 Å². The molecule has 22 heavy (non-hydrogen) atoms. The number of halogens is 1. The molecule has 0 atom stereocenters. The molecule has 1 aliphatic heterocycles. The van der Waals surface area contributed by atoms with Crippen LogP contribution in [0.3, 0.4) is 0 Å². The van der Waals surface area contributed by atoms with Crippen LogP contribution in [0.1, 0.15) is 24.2 Å². The maximum Gasteiger partial charge on any atom is 0.240 e. The molecule has 3 rings (SSSR count). The Morgan fingerprint density at radius 1 is 1.23 bits per heavy atom. The number of fused-ring (bicyclic) bond motifs is 1. The zero-order valence-corrected chi connectivity index (χ0v) is 13.1. The van der Waals surface area contributed by atoms with Crippen LogP contribution < -0.4 is 15.2 Å². The van der Waals surface area contributed by atoms with Gasteiger partial charge in [-0.1, -0.05) is 18.1 Å². The highest BCUT2D eigenvalue weighted by molar-refractivity contribution is 5.85. The van der Waals surface area contributed by atoms with Crippen molar-refractivity contribution in [3.05, 3.63) is 35.5 Å². The van der Waals surface area contributed by atoms with Crippen LogP contribution in [-0.2, 0) is 19.6 Å². The highest BCUT2D eigenvalue weighted by Gasteiger charge is 2.15. The molecule has 1 aromatic carbocycles. The average molecular weight is 327 g/mol. The predicted molar refractivity (Wildman–Crippen MR) is 81.8 cm³/mol. The molecule has 0 unspecified atom stereocenters. The van der Waals surface area contributed by atoms with Gasteiger partial charge in [0.05, 0.1) is 13.1 Å². The SMILES string of the molecule is CCN(Cc1ccc2c(c1)OCO2)Cc1noc(CN)n1.Cl. The molecule has 7 nitrogen and oxygen atoms in total. The molecule has 8 heteroatoms. The number of rotatable bonds is 6. The summed E-state index contributed by atoms with van der Waals surface area (Å²) in [5.74, 6) is 2.71. The molecule has 0 amide bonds. The first-order valence-electron chi connectivity index (χ1n) is 6.91. The van der Waals surface area contributed by atoms with E-state index in [1.165, 1.54) is 0 Å². The molecule has 2 N–H and O–H groups in total. The molecule has 120 valence electrons. The Labute approximate surface area is 134 Å². The minimum Gasteiger partial charge on any atom is -0.454 e. The molecule has 0 aliphatic carbocycles. The van der Waals surface area contributed by atoms with Crippen LogP contribution in [0.15, 0.2) is 22.7 Å².